The Morgan fingerprint density at radius 3 is 2.55 bits per heavy atom. The van der Waals surface area contributed by atoms with E-state index in [9.17, 15) is 9.90 Å². The van der Waals surface area contributed by atoms with Crippen molar-refractivity contribution in [3.05, 3.63) is 45.8 Å². The molecule has 1 aromatic carbocycles. The number of benzene rings is 1. The molecule has 1 heterocycles. The zero-order chi connectivity index (χ0) is 14.9. The first kappa shape index (κ1) is 14.1. The third-order valence-corrected chi connectivity index (χ3v) is 3.52. The molecule has 0 atom stereocenters. The second kappa shape index (κ2) is 5.36. The highest BCUT2D eigenvalue weighted by Gasteiger charge is 2.14. The van der Waals surface area contributed by atoms with Crippen LogP contribution in [0, 0.1) is 27.7 Å². The molecule has 106 valence electrons. The minimum atomic E-state index is -0.902. The summed E-state index contributed by atoms with van der Waals surface area (Å²) in [6, 6.07) is 3.71. The molecule has 0 amide bonds. The van der Waals surface area contributed by atoms with Crippen LogP contribution in [0.3, 0.4) is 0 Å². The highest BCUT2D eigenvalue weighted by molar-refractivity contribution is 5.92. The van der Waals surface area contributed by atoms with Crippen molar-refractivity contribution in [2.24, 2.45) is 0 Å². The van der Waals surface area contributed by atoms with Gasteiger partial charge in [-0.25, -0.2) is 4.79 Å². The van der Waals surface area contributed by atoms with Crippen molar-refractivity contribution >= 4 is 11.7 Å². The number of anilines is 1. The molecule has 0 saturated heterocycles. The van der Waals surface area contributed by atoms with E-state index in [0.717, 1.165) is 33.8 Å². The number of aromatic carboxylic acids is 1. The largest absolute Gasteiger partial charge is 0.478 e. The average molecular weight is 274 g/mol. The molecule has 0 fully saturated rings. The molecular weight excluding hydrogens is 256 g/mol. The van der Waals surface area contributed by atoms with E-state index < -0.39 is 5.97 Å². The number of carboxylic acids is 1. The Kier molecular flexibility index (Phi) is 3.79. The number of hydrogen-bond acceptors (Lipinski definition) is 4. The zero-order valence-corrected chi connectivity index (χ0v) is 12.1. The van der Waals surface area contributed by atoms with Gasteiger partial charge in [-0.15, -0.1) is 0 Å². The molecule has 20 heavy (non-hydrogen) atoms. The fraction of sp³-hybridized carbons (Fsp3) is 0.333. The van der Waals surface area contributed by atoms with Crippen molar-refractivity contribution in [2.45, 2.75) is 34.2 Å². The minimum absolute atomic E-state index is 0.355. The highest BCUT2D eigenvalue weighted by Crippen LogP contribution is 2.24. The van der Waals surface area contributed by atoms with Crippen LogP contribution in [0.4, 0.5) is 5.69 Å². The van der Waals surface area contributed by atoms with Crippen LogP contribution in [0.5, 0.6) is 0 Å². The molecule has 2 rings (SSSR count). The predicted octanol–water partition coefficient (Wildman–Crippen LogP) is 3.22. The van der Waals surface area contributed by atoms with E-state index >= 15 is 0 Å². The fourth-order valence-corrected chi connectivity index (χ4v) is 2.31. The molecule has 0 spiro atoms. The SMILES string of the molecule is Cc1ccc(NCc2c(C)noc2C)c(C)c1C(=O)O. The second-order valence-electron chi connectivity index (χ2n) is 4.89. The number of nitrogens with zero attached hydrogens (tertiary/aromatic N) is 1. The first-order valence-corrected chi connectivity index (χ1v) is 6.41. The fourth-order valence-electron chi connectivity index (χ4n) is 2.31. The van der Waals surface area contributed by atoms with Gasteiger partial charge < -0.3 is 14.9 Å². The van der Waals surface area contributed by atoms with Crippen molar-refractivity contribution < 1.29 is 14.4 Å². The van der Waals surface area contributed by atoms with Crippen LogP contribution < -0.4 is 5.32 Å². The Balaban J connectivity index is 2.27. The van der Waals surface area contributed by atoms with Gasteiger partial charge in [0.25, 0.3) is 0 Å². The second-order valence-corrected chi connectivity index (χ2v) is 4.89. The monoisotopic (exact) mass is 274 g/mol. The number of hydrogen-bond donors (Lipinski definition) is 2. The number of aromatic nitrogens is 1. The number of carbonyl (C=O) groups is 1. The minimum Gasteiger partial charge on any atom is -0.478 e. The van der Waals surface area contributed by atoms with Crippen molar-refractivity contribution in [1.29, 1.82) is 0 Å². The van der Waals surface area contributed by atoms with E-state index in [1.807, 2.05) is 32.9 Å². The van der Waals surface area contributed by atoms with Gasteiger partial charge in [0.1, 0.15) is 5.76 Å². The van der Waals surface area contributed by atoms with Crippen LogP contribution >= 0.6 is 0 Å². The Hall–Kier alpha value is -2.30. The van der Waals surface area contributed by atoms with E-state index in [4.69, 9.17) is 4.52 Å². The summed E-state index contributed by atoms with van der Waals surface area (Å²) in [5.74, 6) is -0.126. The molecule has 0 radical (unpaired) electrons. The van der Waals surface area contributed by atoms with Gasteiger partial charge in [-0.3, -0.25) is 0 Å². The van der Waals surface area contributed by atoms with Crippen LogP contribution in [-0.2, 0) is 6.54 Å². The standard InChI is InChI=1S/C15H18N2O3/c1-8-5-6-13(9(2)14(8)15(18)19)16-7-12-10(3)17-20-11(12)4/h5-6,16H,7H2,1-4H3,(H,18,19). The van der Waals surface area contributed by atoms with E-state index in [2.05, 4.69) is 10.5 Å². The van der Waals surface area contributed by atoms with Gasteiger partial charge in [0, 0.05) is 17.8 Å². The van der Waals surface area contributed by atoms with E-state index in [1.165, 1.54) is 0 Å². The lowest BCUT2D eigenvalue weighted by Crippen LogP contribution is -2.08. The van der Waals surface area contributed by atoms with Gasteiger partial charge in [-0.05, 0) is 44.9 Å². The molecule has 0 saturated carbocycles. The number of nitrogens with one attached hydrogen (secondary N) is 1. The molecule has 0 aliphatic rings. The summed E-state index contributed by atoms with van der Waals surface area (Å²) < 4.78 is 5.11. The summed E-state index contributed by atoms with van der Waals surface area (Å²) in [5.41, 5.74) is 4.52. The molecule has 0 aliphatic heterocycles. The quantitative estimate of drug-likeness (QED) is 0.895. The molecule has 2 N–H and O–H groups in total. The van der Waals surface area contributed by atoms with E-state index in [0.29, 0.717) is 12.1 Å². The predicted molar refractivity (Wildman–Crippen MR) is 76.2 cm³/mol. The number of rotatable bonds is 4. The molecule has 0 aliphatic carbocycles. The van der Waals surface area contributed by atoms with Gasteiger partial charge in [-0.2, -0.15) is 0 Å². The van der Waals surface area contributed by atoms with Crippen molar-refractivity contribution in [3.63, 3.8) is 0 Å². The maximum atomic E-state index is 11.3. The molecule has 0 bridgehead atoms. The number of carboxylic acid groups (broad SMARTS) is 1. The first-order valence-electron chi connectivity index (χ1n) is 6.41. The normalized spacial score (nSPS) is 10.6. The molecule has 1 aromatic heterocycles. The van der Waals surface area contributed by atoms with Crippen molar-refractivity contribution in [3.8, 4) is 0 Å². The Morgan fingerprint density at radius 2 is 2.00 bits per heavy atom. The zero-order valence-electron chi connectivity index (χ0n) is 12.1. The maximum Gasteiger partial charge on any atom is 0.336 e. The van der Waals surface area contributed by atoms with Crippen LogP contribution in [0.15, 0.2) is 16.7 Å². The highest BCUT2D eigenvalue weighted by atomic mass is 16.5. The van der Waals surface area contributed by atoms with Gasteiger partial charge in [0.15, 0.2) is 0 Å². The lowest BCUT2D eigenvalue weighted by molar-refractivity contribution is 0.0695. The topological polar surface area (TPSA) is 75.4 Å². The van der Waals surface area contributed by atoms with Crippen molar-refractivity contribution in [2.75, 3.05) is 5.32 Å². The van der Waals surface area contributed by atoms with Crippen LogP contribution in [0.1, 0.15) is 38.5 Å². The summed E-state index contributed by atoms with van der Waals surface area (Å²) in [5, 5.41) is 16.4. The lowest BCUT2D eigenvalue weighted by Gasteiger charge is -2.13. The summed E-state index contributed by atoms with van der Waals surface area (Å²) in [6.45, 7) is 7.92. The summed E-state index contributed by atoms with van der Waals surface area (Å²) in [6.07, 6.45) is 0. The van der Waals surface area contributed by atoms with Gasteiger partial charge in [0.2, 0.25) is 0 Å². The van der Waals surface area contributed by atoms with Crippen LogP contribution in [0.25, 0.3) is 0 Å². The van der Waals surface area contributed by atoms with Gasteiger partial charge in [-0.1, -0.05) is 11.2 Å². The lowest BCUT2D eigenvalue weighted by atomic mass is 10.0. The maximum absolute atomic E-state index is 11.3. The Morgan fingerprint density at radius 1 is 1.30 bits per heavy atom. The third-order valence-electron chi connectivity index (χ3n) is 3.52. The molecule has 2 aromatic rings. The average Bonchev–Trinajstić information content (AvgIpc) is 2.68. The van der Waals surface area contributed by atoms with E-state index in [1.54, 1.807) is 6.92 Å². The summed E-state index contributed by atoms with van der Waals surface area (Å²) >= 11 is 0. The Labute approximate surface area is 117 Å². The van der Waals surface area contributed by atoms with Crippen molar-refractivity contribution in [1.82, 2.24) is 5.16 Å². The van der Waals surface area contributed by atoms with Crippen LogP contribution in [0.2, 0.25) is 0 Å². The summed E-state index contributed by atoms with van der Waals surface area (Å²) in [4.78, 5) is 11.3. The molecular formula is C15H18N2O3. The van der Waals surface area contributed by atoms with E-state index in [-0.39, 0.29) is 0 Å². The van der Waals surface area contributed by atoms with Crippen LogP contribution in [-0.4, -0.2) is 16.2 Å². The van der Waals surface area contributed by atoms with Gasteiger partial charge in [0.05, 0.1) is 11.3 Å². The molecule has 5 nitrogen and oxygen atoms in total. The number of aryl methyl sites for hydroxylation is 3. The van der Waals surface area contributed by atoms with Gasteiger partial charge >= 0.3 is 5.97 Å². The summed E-state index contributed by atoms with van der Waals surface area (Å²) in [7, 11) is 0. The Bertz CT molecular complexity index is 640. The third kappa shape index (κ3) is 2.52. The smallest absolute Gasteiger partial charge is 0.336 e. The molecule has 5 heteroatoms. The first-order chi connectivity index (χ1) is 9.41. The molecule has 0 unspecified atom stereocenters.